The van der Waals surface area contributed by atoms with Gasteiger partial charge in [-0.15, -0.1) is 0 Å². The van der Waals surface area contributed by atoms with Gasteiger partial charge < -0.3 is 10.2 Å². The summed E-state index contributed by atoms with van der Waals surface area (Å²) in [6, 6.07) is 15.7. The first-order chi connectivity index (χ1) is 16.6. The second-order valence-electron chi connectivity index (χ2n) is 9.04. The number of aromatic nitrogens is 1. The Bertz CT molecular complexity index is 1210. The molecule has 1 N–H and O–H groups in total. The van der Waals surface area contributed by atoms with Crippen LogP contribution in [0, 0.1) is 0 Å². The summed E-state index contributed by atoms with van der Waals surface area (Å²) in [7, 11) is 0. The molecule has 1 aliphatic rings. The van der Waals surface area contributed by atoms with Crippen molar-refractivity contribution in [2.24, 2.45) is 0 Å². The van der Waals surface area contributed by atoms with Crippen molar-refractivity contribution in [3.05, 3.63) is 71.9 Å². The fourth-order valence-corrected chi connectivity index (χ4v) is 5.56. The molecule has 0 aliphatic carbocycles. The lowest BCUT2D eigenvalue weighted by molar-refractivity contribution is -0.139. The summed E-state index contributed by atoms with van der Waals surface area (Å²) >= 11 is 1.15. The summed E-state index contributed by atoms with van der Waals surface area (Å²) in [4.78, 5) is 18.8. The van der Waals surface area contributed by atoms with Crippen LogP contribution < -0.4 is 10.2 Å². The average molecular weight is 500 g/mol. The van der Waals surface area contributed by atoms with Crippen molar-refractivity contribution in [3.63, 3.8) is 0 Å². The van der Waals surface area contributed by atoms with Gasteiger partial charge in [0, 0.05) is 42.0 Å². The standard InChI is InChI=1S/C27H28F3N3OS/c1-17(2)22-6-4-5-7-24(22)35-25-9-8-19(14-23(25)27(28,29)30)20-10-12-31-26(15-20)33-13-11-21(16-33)32-18(3)34/h4-10,12,14-15,17,21H,11,13,16H2,1-3H3,(H,32,34). The fraction of sp³-hybridized carbons (Fsp3) is 0.333. The summed E-state index contributed by atoms with van der Waals surface area (Å²) in [5, 5.41) is 2.91. The Balaban J connectivity index is 1.64. The van der Waals surface area contributed by atoms with Crippen molar-refractivity contribution >= 4 is 23.5 Å². The lowest BCUT2D eigenvalue weighted by Gasteiger charge is -2.19. The van der Waals surface area contributed by atoms with E-state index in [2.05, 4.69) is 10.3 Å². The first kappa shape index (κ1) is 25.1. The van der Waals surface area contributed by atoms with Gasteiger partial charge in [-0.3, -0.25) is 4.79 Å². The molecule has 1 unspecified atom stereocenters. The molecule has 1 saturated heterocycles. The zero-order valence-electron chi connectivity index (χ0n) is 19.9. The molecule has 0 spiro atoms. The number of anilines is 1. The minimum Gasteiger partial charge on any atom is -0.354 e. The number of pyridine rings is 1. The maximum Gasteiger partial charge on any atom is 0.417 e. The third kappa shape index (κ3) is 5.99. The van der Waals surface area contributed by atoms with E-state index in [1.54, 1.807) is 24.4 Å². The lowest BCUT2D eigenvalue weighted by atomic mass is 10.0. The summed E-state index contributed by atoms with van der Waals surface area (Å²) in [6.45, 7) is 6.90. The van der Waals surface area contributed by atoms with Crippen LogP contribution in [0.25, 0.3) is 11.1 Å². The highest BCUT2D eigenvalue weighted by molar-refractivity contribution is 7.99. The van der Waals surface area contributed by atoms with Gasteiger partial charge >= 0.3 is 6.18 Å². The number of benzene rings is 2. The van der Waals surface area contributed by atoms with Crippen LogP contribution in [0.3, 0.4) is 0 Å². The fourth-order valence-electron chi connectivity index (χ4n) is 4.33. The molecule has 8 heteroatoms. The molecule has 0 bridgehead atoms. The number of amides is 1. The van der Waals surface area contributed by atoms with Gasteiger partial charge in [-0.05, 0) is 59.4 Å². The summed E-state index contributed by atoms with van der Waals surface area (Å²) in [5.41, 5.74) is 1.53. The maximum atomic E-state index is 14.1. The second-order valence-corrected chi connectivity index (χ2v) is 10.1. The van der Waals surface area contributed by atoms with Gasteiger partial charge in [-0.2, -0.15) is 13.2 Å². The number of hydrogen-bond acceptors (Lipinski definition) is 4. The number of halogens is 3. The van der Waals surface area contributed by atoms with Gasteiger partial charge in [0.2, 0.25) is 5.91 Å². The Morgan fingerprint density at radius 3 is 2.54 bits per heavy atom. The first-order valence-corrected chi connectivity index (χ1v) is 12.4. The summed E-state index contributed by atoms with van der Waals surface area (Å²) in [5.74, 6) is 0.818. The van der Waals surface area contributed by atoms with E-state index in [4.69, 9.17) is 0 Å². The number of nitrogens with zero attached hydrogens (tertiary/aromatic N) is 2. The number of carbonyl (C=O) groups excluding carboxylic acids is 1. The second kappa shape index (κ2) is 10.3. The third-order valence-electron chi connectivity index (χ3n) is 6.04. The van der Waals surface area contributed by atoms with Crippen molar-refractivity contribution in [1.29, 1.82) is 0 Å². The van der Waals surface area contributed by atoms with Crippen LogP contribution in [-0.4, -0.2) is 30.0 Å². The van der Waals surface area contributed by atoms with Crippen molar-refractivity contribution in [3.8, 4) is 11.1 Å². The van der Waals surface area contributed by atoms with Gasteiger partial charge in [-0.25, -0.2) is 4.98 Å². The van der Waals surface area contributed by atoms with Crippen molar-refractivity contribution in [2.75, 3.05) is 18.0 Å². The van der Waals surface area contributed by atoms with Crippen LogP contribution >= 0.6 is 11.8 Å². The Morgan fingerprint density at radius 2 is 1.83 bits per heavy atom. The van der Waals surface area contributed by atoms with E-state index >= 15 is 0 Å². The monoisotopic (exact) mass is 499 g/mol. The quantitative estimate of drug-likeness (QED) is 0.407. The largest absolute Gasteiger partial charge is 0.417 e. The Kier molecular flexibility index (Phi) is 7.40. The molecule has 35 heavy (non-hydrogen) atoms. The van der Waals surface area contributed by atoms with Crippen LogP contribution in [0.5, 0.6) is 0 Å². The third-order valence-corrected chi connectivity index (χ3v) is 7.21. The molecule has 0 saturated carbocycles. The van der Waals surface area contributed by atoms with Crippen LogP contribution in [0.4, 0.5) is 19.0 Å². The van der Waals surface area contributed by atoms with Gasteiger partial charge in [-0.1, -0.05) is 49.9 Å². The van der Waals surface area contributed by atoms with E-state index in [1.165, 1.54) is 13.0 Å². The lowest BCUT2D eigenvalue weighted by Crippen LogP contribution is -2.35. The molecule has 1 atom stereocenters. The van der Waals surface area contributed by atoms with E-state index in [0.717, 1.165) is 35.2 Å². The number of hydrogen-bond donors (Lipinski definition) is 1. The molecule has 0 radical (unpaired) electrons. The van der Waals surface area contributed by atoms with Gasteiger partial charge in [0.05, 0.1) is 5.56 Å². The molecule has 2 heterocycles. The molecular weight excluding hydrogens is 471 g/mol. The zero-order chi connectivity index (χ0) is 25.2. The predicted molar refractivity (Wildman–Crippen MR) is 134 cm³/mol. The molecule has 1 aromatic heterocycles. The van der Waals surface area contributed by atoms with Crippen molar-refractivity contribution < 1.29 is 18.0 Å². The summed E-state index contributed by atoms with van der Waals surface area (Å²) in [6.07, 6.45) is -2.07. The molecule has 4 nitrogen and oxygen atoms in total. The molecule has 4 rings (SSSR count). The minimum absolute atomic E-state index is 0.0415. The van der Waals surface area contributed by atoms with Crippen LogP contribution in [0.1, 0.15) is 44.2 Å². The highest BCUT2D eigenvalue weighted by atomic mass is 32.2. The van der Waals surface area contributed by atoms with Crippen LogP contribution in [0.2, 0.25) is 0 Å². The van der Waals surface area contributed by atoms with E-state index in [-0.39, 0.29) is 22.8 Å². The maximum absolute atomic E-state index is 14.1. The zero-order valence-corrected chi connectivity index (χ0v) is 20.7. The van der Waals surface area contributed by atoms with E-state index in [9.17, 15) is 18.0 Å². The topological polar surface area (TPSA) is 45.2 Å². The minimum atomic E-state index is -4.48. The molecule has 1 aliphatic heterocycles. The Morgan fingerprint density at radius 1 is 1.09 bits per heavy atom. The molecule has 1 fully saturated rings. The first-order valence-electron chi connectivity index (χ1n) is 11.6. The molecule has 1 amide bonds. The normalized spacial score (nSPS) is 16.1. The number of carbonyl (C=O) groups is 1. The number of nitrogens with one attached hydrogen (secondary N) is 1. The average Bonchev–Trinajstić information content (AvgIpc) is 3.27. The molecule has 2 aromatic carbocycles. The van der Waals surface area contributed by atoms with E-state index < -0.39 is 11.7 Å². The van der Waals surface area contributed by atoms with Gasteiger partial charge in [0.1, 0.15) is 5.82 Å². The summed E-state index contributed by atoms with van der Waals surface area (Å²) < 4.78 is 42.3. The molecular formula is C27H28F3N3OS. The van der Waals surface area contributed by atoms with Crippen molar-refractivity contribution in [1.82, 2.24) is 10.3 Å². The Labute approximate surface area is 207 Å². The van der Waals surface area contributed by atoms with Gasteiger partial charge in [0.25, 0.3) is 0 Å². The predicted octanol–water partition coefficient (Wildman–Crippen LogP) is 6.76. The molecule has 184 valence electrons. The SMILES string of the molecule is CC(=O)NC1CCN(c2cc(-c3ccc(Sc4ccccc4C(C)C)c(C(F)(F)F)c3)ccn2)C1. The molecule has 3 aromatic rings. The smallest absolute Gasteiger partial charge is 0.354 e. The number of rotatable bonds is 6. The highest BCUT2D eigenvalue weighted by Gasteiger charge is 2.34. The van der Waals surface area contributed by atoms with Crippen LogP contribution in [-0.2, 0) is 11.0 Å². The van der Waals surface area contributed by atoms with Crippen molar-refractivity contribution in [2.45, 2.75) is 55.1 Å². The van der Waals surface area contributed by atoms with Crippen LogP contribution in [0.15, 0.2) is 70.6 Å². The van der Waals surface area contributed by atoms with E-state index in [1.807, 2.05) is 49.1 Å². The Hall–Kier alpha value is -3.00. The van der Waals surface area contributed by atoms with Gasteiger partial charge in [0.15, 0.2) is 0 Å². The highest BCUT2D eigenvalue weighted by Crippen LogP contribution is 2.43. The number of alkyl halides is 3. The van der Waals surface area contributed by atoms with E-state index in [0.29, 0.717) is 23.5 Å².